The van der Waals surface area contributed by atoms with E-state index >= 15 is 0 Å². The average Bonchev–Trinajstić information content (AvgIpc) is 3.39. The van der Waals surface area contributed by atoms with Crippen molar-refractivity contribution in [3.05, 3.63) is 23.9 Å². The van der Waals surface area contributed by atoms with Crippen LogP contribution in [0.3, 0.4) is 0 Å². The van der Waals surface area contributed by atoms with Gasteiger partial charge in [-0.15, -0.1) is 0 Å². The molecule has 2 aliphatic rings. The van der Waals surface area contributed by atoms with Crippen LogP contribution in [-0.4, -0.2) is 49.1 Å². The minimum absolute atomic E-state index is 0.0730. The van der Waals surface area contributed by atoms with Crippen LogP contribution in [0.15, 0.2) is 18.3 Å². The summed E-state index contributed by atoms with van der Waals surface area (Å²) in [7, 11) is -1.68. The molecule has 24 heavy (non-hydrogen) atoms. The van der Waals surface area contributed by atoms with Crippen LogP contribution in [0.4, 0.5) is 19.0 Å². The number of halogens is 3. The van der Waals surface area contributed by atoms with Gasteiger partial charge in [0.25, 0.3) is 0 Å². The molecule has 0 aromatic carbocycles. The Hall–Kier alpha value is -1.35. The standard InChI is InChI=1S/C15H20F3N3O2S/c1-20(24(22,23)12-4-5-12)11-6-9-21(10-7-11)14-13(15(16,17)18)3-2-8-19-14/h2-3,8,11-12H,4-7,9-10H2,1H3. The summed E-state index contributed by atoms with van der Waals surface area (Å²) in [5.41, 5.74) is -0.748. The first-order valence-corrected chi connectivity index (χ1v) is 9.45. The van der Waals surface area contributed by atoms with Gasteiger partial charge in [-0.2, -0.15) is 13.2 Å². The van der Waals surface area contributed by atoms with E-state index in [1.54, 1.807) is 11.9 Å². The molecule has 1 saturated carbocycles. The Morgan fingerprint density at radius 1 is 1.21 bits per heavy atom. The zero-order valence-electron chi connectivity index (χ0n) is 13.3. The second-order valence-electron chi connectivity index (χ2n) is 6.35. The van der Waals surface area contributed by atoms with Gasteiger partial charge in [0, 0.05) is 32.4 Å². The molecule has 5 nitrogen and oxygen atoms in total. The molecule has 1 aliphatic carbocycles. The van der Waals surface area contributed by atoms with Crippen LogP contribution in [-0.2, 0) is 16.2 Å². The summed E-state index contributed by atoms with van der Waals surface area (Å²) in [5, 5.41) is -0.270. The van der Waals surface area contributed by atoms with Crippen LogP contribution >= 0.6 is 0 Å². The number of hydrogen-bond acceptors (Lipinski definition) is 4. The normalized spacial score (nSPS) is 20.6. The summed E-state index contributed by atoms with van der Waals surface area (Å²) in [5.74, 6) is -0.0730. The number of aromatic nitrogens is 1. The third kappa shape index (κ3) is 3.37. The van der Waals surface area contributed by atoms with Crippen molar-refractivity contribution in [1.29, 1.82) is 0 Å². The van der Waals surface area contributed by atoms with Crippen LogP contribution < -0.4 is 4.90 Å². The van der Waals surface area contributed by atoms with Crippen molar-refractivity contribution in [2.45, 2.75) is 43.2 Å². The Balaban J connectivity index is 1.70. The maximum absolute atomic E-state index is 13.1. The van der Waals surface area contributed by atoms with Gasteiger partial charge in [-0.3, -0.25) is 0 Å². The molecule has 1 aliphatic heterocycles. The van der Waals surface area contributed by atoms with Gasteiger partial charge in [-0.05, 0) is 37.8 Å². The molecule has 0 unspecified atom stereocenters. The van der Waals surface area contributed by atoms with Gasteiger partial charge < -0.3 is 4.90 Å². The van der Waals surface area contributed by atoms with Crippen molar-refractivity contribution in [3.63, 3.8) is 0 Å². The molecule has 0 amide bonds. The lowest BCUT2D eigenvalue weighted by Crippen LogP contribution is -2.47. The fourth-order valence-corrected chi connectivity index (χ4v) is 4.95. The first-order chi connectivity index (χ1) is 11.2. The van der Waals surface area contributed by atoms with E-state index in [-0.39, 0.29) is 17.1 Å². The van der Waals surface area contributed by atoms with Crippen molar-refractivity contribution in [1.82, 2.24) is 9.29 Å². The minimum Gasteiger partial charge on any atom is -0.356 e. The number of nitrogens with zero attached hydrogens (tertiary/aromatic N) is 3. The second kappa shape index (κ2) is 6.18. The highest BCUT2D eigenvalue weighted by atomic mass is 32.2. The summed E-state index contributed by atoms with van der Waals surface area (Å²) in [4.78, 5) is 5.49. The fourth-order valence-electron chi connectivity index (χ4n) is 3.12. The number of sulfonamides is 1. The van der Waals surface area contributed by atoms with Crippen molar-refractivity contribution in [2.75, 3.05) is 25.0 Å². The molecule has 2 fully saturated rings. The maximum Gasteiger partial charge on any atom is 0.419 e. The lowest BCUT2D eigenvalue weighted by molar-refractivity contribution is -0.137. The monoisotopic (exact) mass is 363 g/mol. The first-order valence-electron chi connectivity index (χ1n) is 7.95. The highest BCUT2D eigenvalue weighted by molar-refractivity contribution is 7.90. The van der Waals surface area contributed by atoms with Gasteiger partial charge in [0.15, 0.2) is 0 Å². The van der Waals surface area contributed by atoms with E-state index in [9.17, 15) is 21.6 Å². The number of rotatable bonds is 4. The average molecular weight is 363 g/mol. The van der Waals surface area contributed by atoms with Crippen molar-refractivity contribution in [2.24, 2.45) is 0 Å². The molecule has 0 radical (unpaired) electrons. The summed E-state index contributed by atoms with van der Waals surface area (Å²) < 4.78 is 65.3. The molecule has 0 N–H and O–H groups in total. The van der Waals surface area contributed by atoms with E-state index in [1.165, 1.54) is 16.6 Å². The number of pyridine rings is 1. The largest absolute Gasteiger partial charge is 0.419 e. The highest BCUT2D eigenvalue weighted by Gasteiger charge is 2.42. The lowest BCUT2D eigenvalue weighted by Gasteiger charge is -2.37. The lowest BCUT2D eigenvalue weighted by atomic mass is 10.0. The maximum atomic E-state index is 13.1. The highest BCUT2D eigenvalue weighted by Crippen LogP contribution is 2.37. The Morgan fingerprint density at radius 3 is 2.38 bits per heavy atom. The number of alkyl halides is 3. The van der Waals surface area contributed by atoms with Crippen LogP contribution in [0.1, 0.15) is 31.2 Å². The molecule has 3 rings (SSSR count). The molecule has 134 valence electrons. The topological polar surface area (TPSA) is 53.5 Å². The molecule has 9 heteroatoms. The number of anilines is 1. The first kappa shape index (κ1) is 17.5. The van der Waals surface area contributed by atoms with E-state index in [4.69, 9.17) is 0 Å². The SMILES string of the molecule is CN(C1CCN(c2ncccc2C(F)(F)F)CC1)S(=O)(=O)C1CC1. The second-order valence-corrected chi connectivity index (χ2v) is 8.62. The Labute approximate surface area is 139 Å². The van der Waals surface area contributed by atoms with Gasteiger partial charge in [0.2, 0.25) is 10.0 Å². The summed E-state index contributed by atoms with van der Waals surface area (Å²) in [6.07, 6.45) is -0.706. The predicted octanol–water partition coefficient (Wildman–Crippen LogP) is 2.49. The smallest absolute Gasteiger partial charge is 0.356 e. The van der Waals surface area contributed by atoms with Crippen LogP contribution in [0.25, 0.3) is 0 Å². The zero-order chi connectivity index (χ0) is 17.5. The third-order valence-corrected chi connectivity index (χ3v) is 7.13. The van der Waals surface area contributed by atoms with Crippen LogP contribution in [0.2, 0.25) is 0 Å². The summed E-state index contributed by atoms with van der Waals surface area (Å²) in [6.45, 7) is 0.713. The Bertz CT molecular complexity index is 696. The fraction of sp³-hybridized carbons (Fsp3) is 0.667. The van der Waals surface area contributed by atoms with E-state index in [0.717, 1.165) is 6.07 Å². The number of hydrogen-bond donors (Lipinski definition) is 0. The molecule has 0 atom stereocenters. The van der Waals surface area contributed by atoms with Crippen molar-refractivity contribution < 1.29 is 21.6 Å². The molecular formula is C15H20F3N3O2S. The number of piperidine rings is 1. The van der Waals surface area contributed by atoms with E-state index in [1.807, 2.05) is 0 Å². The molecule has 1 aromatic heterocycles. The summed E-state index contributed by atoms with van der Waals surface area (Å²) in [6, 6.07) is 2.14. The van der Waals surface area contributed by atoms with Gasteiger partial charge >= 0.3 is 6.18 Å². The van der Waals surface area contributed by atoms with Crippen molar-refractivity contribution >= 4 is 15.8 Å². The van der Waals surface area contributed by atoms with E-state index < -0.39 is 21.8 Å². The summed E-state index contributed by atoms with van der Waals surface area (Å²) >= 11 is 0. The van der Waals surface area contributed by atoms with Gasteiger partial charge in [0.05, 0.1) is 10.8 Å². The molecule has 1 saturated heterocycles. The molecule has 2 heterocycles. The van der Waals surface area contributed by atoms with E-state index in [0.29, 0.717) is 38.8 Å². The van der Waals surface area contributed by atoms with Crippen molar-refractivity contribution in [3.8, 4) is 0 Å². The molecule has 1 aromatic rings. The zero-order valence-corrected chi connectivity index (χ0v) is 14.1. The van der Waals surface area contributed by atoms with Gasteiger partial charge in [0.1, 0.15) is 5.82 Å². The van der Waals surface area contributed by atoms with Crippen LogP contribution in [0, 0.1) is 0 Å². The van der Waals surface area contributed by atoms with E-state index in [2.05, 4.69) is 4.98 Å². The molecule has 0 spiro atoms. The predicted molar refractivity (Wildman–Crippen MR) is 84.2 cm³/mol. The quantitative estimate of drug-likeness (QED) is 0.825. The Kier molecular flexibility index (Phi) is 4.50. The molecule has 0 bridgehead atoms. The van der Waals surface area contributed by atoms with Gasteiger partial charge in [-0.1, -0.05) is 0 Å². The van der Waals surface area contributed by atoms with Crippen LogP contribution in [0.5, 0.6) is 0 Å². The van der Waals surface area contributed by atoms with Gasteiger partial charge in [-0.25, -0.2) is 17.7 Å². The minimum atomic E-state index is -4.45. The third-order valence-electron chi connectivity index (χ3n) is 4.72. The Morgan fingerprint density at radius 2 is 1.83 bits per heavy atom. The molecular weight excluding hydrogens is 343 g/mol.